The van der Waals surface area contributed by atoms with Crippen LogP contribution in [-0.4, -0.2) is 30.1 Å². The maximum absolute atomic E-state index is 12.6. The van der Waals surface area contributed by atoms with Gasteiger partial charge in [0.05, 0.1) is 28.0 Å². The van der Waals surface area contributed by atoms with Crippen LogP contribution in [0, 0.1) is 6.92 Å². The lowest BCUT2D eigenvalue weighted by Crippen LogP contribution is -2.30. The van der Waals surface area contributed by atoms with Crippen molar-refractivity contribution in [1.82, 2.24) is 14.5 Å². The van der Waals surface area contributed by atoms with Gasteiger partial charge in [0.2, 0.25) is 10.0 Å². The number of hydrogen-bond donors (Lipinski definition) is 2. The number of aromatic nitrogens is 2. The van der Waals surface area contributed by atoms with E-state index in [1.165, 1.54) is 18.3 Å². The van der Waals surface area contributed by atoms with Gasteiger partial charge in [-0.25, -0.2) is 17.8 Å². The quantitative estimate of drug-likeness (QED) is 0.667. The minimum absolute atomic E-state index is 0.146. The first kappa shape index (κ1) is 19.8. The molecule has 0 saturated carbocycles. The molecular formula is C20H22N4O3S. The number of para-hydroxylation sites is 1. The molecule has 1 heterocycles. The highest BCUT2D eigenvalue weighted by atomic mass is 32.2. The number of sulfonamides is 1. The molecule has 1 aromatic heterocycles. The van der Waals surface area contributed by atoms with Crippen LogP contribution in [0.4, 0.5) is 5.69 Å². The Morgan fingerprint density at radius 3 is 2.29 bits per heavy atom. The summed E-state index contributed by atoms with van der Waals surface area (Å²) in [6.07, 6.45) is 1.52. The van der Waals surface area contributed by atoms with Crippen molar-refractivity contribution >= 4 is 21.6 Å². The van der Waals surface area contributed by atoms with Crippen LogP contribution in [0.1, 0.15) is 29.9 Å². The Hall–Kier alpha value is -2.97. The van der Waals surface area contributed by atoms with E-state index in [1.807, 2.05) is 37.3 Å². The van der Waals surface area contributed by atoms with Crippen LogP contribution < -0.4 is 10.0 Å². The van der Waals surface area contributed by atoms with Crippen LogP contribution in [0.5, 0.6) is 0 Å². The predicted molar refractivity (Wildman–Crippen MR) is 108 cm³/mol. The van der Waals surface area contributed by atoms with Crippen molar-refractivity contribution in [1.29, 1.82) is 0 Å². The highest BCUT2D eigenvalue weighted by molar-refractivity contribution is 7.89. The van der Waals surface area contributed by atoms with Gasteiger partial charge >= 0.3 is 0 Å². The first-order valence-corrected chi connectivity index (χ1v) is 10.3. The normalized spacial score (nSPS) is 11.6. The maximum atomic E-state index is 12.6. The van der Waals surface area contributed by atoms with Crippen LogP contribution in [-0.2, 0) is 10.0 Å². The van der Waals surface area contributed by atoms with Gasteiger partial charge in [-0.1, -0.05) is 18.2 Å². The van der Waals surface area contributed by atoms with E-state index in [9.17, 15) is 13.2 Å². The number of rotatable bonds is 6. The largest absolute Gasteiger partial charge is 0.322 e. The van der Waals surface area contributed by atoms with Gasteiger partial charge in [-0.3, -0.25) is 4.79 Å². The van der Waals surface area contributed by atoms with E-state index in [1.54, 1.807) is 30.7 Å². The zero-order valence-corrected chi connectivity index (χ0v) is 16.7. The fraction of sp³-hybridized carbons (Fsp3) is 0.200. The second-order valence-electron chi connectivity index (χ2n) is 6.65. The Balaban J connectivity index is 1.76. The number of amides is 1. The summed E-state index contributed by atoms with van der Waals surface area (Å²) >= 11 is 0. The Morgan fingerprint density at radius 2 is 1.68 bits per heavy atom. The average molecular weight is 398 g/mol. The molecule has 7 nitrogen and oxygen atoms in total. The first-order valence-electron chi connectivity index (χ1n) is 8.82. The summed E-state index contributed by atoms with van der Waals surface area (Å²) in [5.41, 5.74) is 2.53. The standard InChI is InChI=1S/C20H22N4O3S/c1-14(2)23-28(26,27)18-11-9-16(10-12-18)22-20(25)19-13-21-24(15(19)3)17-7-5-4-6-8-17/h4-14,23H,1-3H3,(H,22,25). The summed E-state index contributed by atoms with van der Waals surface area (Å²) in [5.74, 6) is -0.310. The lowest BCUT2D eigenvalue weighted by atomic mass is 10.2. The van der Waals surface area contributed by atoms with Crippen molar-refractivity contribution in [3.8, 4) is 5.69 Å². The molecule has 0 atom stereocenters. The van der Waals surface area contributed by atoms with Crippen LogP contribution in [0.25, 0.3) is 5.69 Å². The molecule has 0 unspecified atom stereocenters. The van der Waals surface area contributed by atoms with Gasteiger partial charge in [0.25, 0.3) is 5.91 Å². The molecule has 146 valence electrons. The van der Waals surface area contributed by atoms with E-state index in [0.717, 1.165) is 5.69 Å². The van der Waals surface area contributed by atoms with E-state index in [-0.39, 0.29) is 16.8 Å². The summed E-state index contributed by atoms with van der Waals surface area (Å²) in [6, 6.07) is 15.4. The summed E-state index contributed by atoms with van der Waals surface area (Å²) in [7, 11) is -3.57. The Morgan fingerprint density at radius 1 is 1.04 bits per heavy atom. The topological polar surface area (TPSA) is 93.1 Å². The number of carbonyl (C=O) groups excluding carboxylic acids is 1. The molecule has 0 aliphatic heterocycles. The van der Waals surface area contributed by atoms with E-state index < -0.39 is 10.0 Å². The molecule has 3 aromatic rings. The van der Waals surface area contributed by atoms with Crippen molar-refractivity contribution in [3.05, 3.63) is 72.1 Å². The van der Waals surface area contributed by atoms with Gasteiger partial charge < -0.3 is 5.32 Å². The molecule has 1 amide bonds. The Labute approximate surface area is 164 Å². The molecular weight excluding hydrogens is 376 g/mol. The summed E-state index contributed by atoms with van der Waals surface area (Å²) in [6.45, 7) is 5.33. The third-order valence-electron chi connectivity index (χ3n) is 4.07. The molecule has 0 aliphatic carbocycles. The Kier molecular flexibility index (Phi) is 5.62. The molecule has 2 aromatic carbocycles. The lowest BCUT2D eigenvalue weighted by Gasteiger charge is -2.10. The highest BCUT2D eigenvalue weighted by Gasteiger charge is 2.17. The van der Waals surface area contributed by atoms with E-state index in [4.69, 9.17) is 0 Å². The third kappa shape index (κ3) is 4.29. The summed E-state index contributed by atoms with van der Waals surface area (Å²) < 4.78 is 28.6. The van der Waals surface area contributed by atoms with Gasteiger partial charge in [0.1, 0.15) is 0 Å². The molecule has 0 aliphatic rings. The SMILES string of the molecule is Cc1c(C(=O)Nc2ccc(S(=O)(=O)NC(C)C)cc2)cnn1-c1ccccc1. The molecule has 0 fully saturated rings. The number of nitrogens with zero attached hydrogens (tertiary/aromatic N) is 2. The average Bonchev–Trinajstić information content (AvgIpc) is 3.03. The van der Waals surface area contributed by atoms with Crippen molar-refractivity contribution in [2.45, 2.75) is 31.7 Å². The summed E-state index contributed by atoms with van der Waals surface area (Å²) in [5, 5.41) is 7.07. The zero-order valence-electron chi connectivity index (χ0n) is 15.9. The third-order valence-corrected chi connectivity index (χ3v) is 5.74. The number of anilines is 1. The minimum atomic E-state index is -3.57. The number of benzene rings is 2. The second-order valence-corrected chi connectivity index (χ2v) is 8.36. The highest BCUT2D eigenvalue weighted by Crippen LogP contribution is 2.18. The second kappa shape index (κ2) is 7.95. The van der Waals surface area contributed by atoms with E-state index in [2.05, 4.69) is 15.1 Å². The van der Waals surface area contributed by atoms with Gasteiger partial charge in [-0.15, -0.1) is 0 Å². The Bertz CT molecular complexity index is 1070. The maximum Gasteiger partial charge on any atom is 0.259 e. The molecule has 28 heavy (non-hydrogen) atoms. The molecule has 8 heteroatoms. The van der Waals surface area contributed by atoms with Crippen LogP contribution in [0.15, 0.2) is 65.7 Å². The molecule has 0 saturated heterocycles. The van der Waals surface area contributed by atoms with Gasteiger partial charge in [0.15, 0.2) is 0 Å². The number of nitrogens with one attached hydrogen (secondary N) is 2. The van der Waals surface area contributed by atoms with E-state index in [0.29, 0.717) is 16.9 Å². The van der Waals surface area contributed by atoms with Crippen LogP contribution in [0.3, 0.4) is 0 Å². The fourth-order valence-electron chi connectivity index (χ4n) is 2.76. The van der Waals surface area contributed by atoms with Crippen LogP contribution in [0.2, 0.25) is 0 Å². The minimum Gasteiger partial charge on any atom is -0.322 e. The number of carbonyl (C=O) groups is 1. The van der Waals surface area contributed by atoms with Crippen LogP contribution >= 0.6 is 0 Å². The van der Waals surface area contributed by atoms with Gasteiger partial charge in [-0.05, 0) is 57.2 Å². The zero-order chi connectivity index (χ0) is 20.3. The molecule has 2 N–H and O–H groups in total. The molecule has 3 rings (SSSR count). The molecule has 0 spiro atoms. The van der Waals surface area contributed by atoms with E-state index >= 15 is 0 Å². The predicted octanol–water partition coefficient (Wildman–Crippen LogP) is 3.12. The van der Waals surface area contributed by atoms with Crippen molar-refractivity contribution in [2.24, 2.45) is 0 Å². The summed E-state index contributed by atoms with van der Waals surface area (Å²) in [4.78, 5) is 12.8. The molecule has 0 radical (unpaired) electrons. The first-order chi connectivity index (χ1) is 13.3. The lowest BCUT2D eigenvalue weighted by molar-refractivity contribution is 0.102. The molecule has 0 bridgehead atoms. The van der Waals surface area contributed by atoms with Crippen molar-refractivity contribution in [2.75, 3.05) is 5.32 Å². The van der Waals surface area contributed by atoms with Crippen molar-refractivity contribution in [3.63, 3.8) is 0 Å². The smallest absolute Gasteiger partial charge is 0.259 e. The number of hydrogen-bond acceptors (Lipinski definition) is 4. The van der Waals surface area contributed by atoms with Gasteiger partial charge in [-0.2, -0.15) is 5.10 Å². The van der Waals surface area contributed by atoms with Crippen molar-refractivity contribution < 1.29 is 13.2 Å². The monoisotopic (exact) mass is 398 g/mol. The van der Waals surface area contributed by atoms with Gasteiger partial charge in [0, 0.05) is 11.7 Å². The fourth-order valence-corrected chi connectivity index (χ4v) is 4.01.